The molecule has 2 nitrogen and oxygen atoms in total. The standard InChI is InChI=1S/C6H7Br2F3O2/c1-2-13-4(12)3-5(7,9)6(8,10)11/h2-3H2,1H3. The van der Waals surface area contributed by atoms with Gasteiger partial charge in [0.15, 0.2) is 0 Å². The molecule has 1 atom stereocenters. The largest absolute Gasteiger partial charge is 0.466 e. The molecule has 0 aromatic carbocycles. The summed E-state index contributed by atoms with van der Waals surface area (Å²) in [6.07, 6.45) is -1.06. The molecule has 0 aliphatic rings. The van der Waals surface area contributed by atoms with Gasteiger partial charge in [0, 0.05) is 0 Å². The maximum Gasteiger partial charge on any atom is 0.345 e. The molecule has 78 valence electrons. The first kappa shape index (κ1) is 13.2. The zero-order valence-electron chi connectivity index (χ0n) is 6.62. The Morgan fingerprint density at radius 1 is 1.38 bits per heavy atom. The number of carbonyl (C=O) groups excluding carboxylic acids is 1. The van der Waals surface area contributed by atoms with Gasteiger partial charge in [-0.05, 0) is 38.8 Å². The molecule has 0 N–H and O–H groups in total. The predicted molar refractivity (Wildman–Crippen MR) is 47.9 cm³/mol. The fourth-order valence-electron chi connectivity index (χ4n) is 0.494. The highest BCUT2D eigenvalue weighted by Crippen LogP contribution is 2.45. The summed E-state index contributed by atoms with van der Waals surface area (Å²) in [5, 5.41) is 0. The third kappa shape index (κ3) is 4.30. The lowest BCUT2D eigenvalue weighted by Gasteiger charge is -2.22. The fourth-order valence-corrected chi connectivity index (χ4v) is 0.863. The average molecular weight is 328 g/mol. The van der Waals surface area contributed by atoms with Crippen LogP contribution in [-0.2, 0) is 9.53 Å². The highest BCUT2D eigenvalue weighted by atomic mass is 79.9. The van der Waals surface area contributed by atoms with Crippen molar-refractivity contribution in [1.29, 1.82) is 0 Å². The Balaban J connectivity index is 4.26. The second-order valence-corrected chi connectivity index (χ2v) is 4.44. The minimum Gasteiger partial charge on any atom is -0.466 e. The Bertz CT molecular complexity index is 191. The molecule has 0 aliphatic carbocycles. The van der Waals surface area contributed by atoms with Gasteiger partial charge in [0.1, 0.15) is 0 Å². The van der Waals surface area contributed by atoms with E-state index in [2.05, 4.69) is 20.7 Å². The van der Waals surface area contributed by atoms with Crippen LogP contribution in [0.15, 0.2) is 0 Å². The van der Waals surface area contributed by atoms with Crippen molar-refractivity contribution in [3.05, 3.63) is 0 Å². The molecule has 0 amide bonds. The van der Waals surface area contributed by atoms with Gasteiger partial charge in [0.2, 0.25) is 4.58 Å². The lowest BCUT2D eigenvalue weighted by molar-refractivity contribution is -0.147. The third-order valence-electron chi connectivity index (χ3n) is 1.09. The minimum absolute atomic E-state index is 0.0236. The Morgan fingerprint density at radius 2 is 1.85 bits per heavy atom. The van der Waals surface area contributed by atoms with Gasteiger partial charge in [-0.25, -0.2) is 4.39 Å². The van der Waals surface area contributed by atoms with Crippen molar-refractivity contribution in [3.63, 3.8) is 0 Å². The van der Waals surface area contributed by atoms with Crippen molar-refractivity contribution in [2.24, 2.45) is 0 Å². The second kappa shape index (κ2) is 4.63. The van der Waals surface area contributed by atoms with Crippen molar-refractivity contribution >= 4 is 37.8 Å². The molecule has 13 heavy (non-hydrogen) atoms. The molecule has 7 heteroatoms. The van der Waals surface area contributed by atoms with Crippen LogP contribution in [0.3, 0.4) is 0 Å². The number of hydrogen-bond acceptors (Lipinski definition) is 2. The van der Waals surface area contributed by atoms with Crippen LogP contribution in [-0.4, -0.2) is 22.0 Å². The molecule has 0 radical (unpaired) electrons. The molecule has 0 aromatic heterocycles. The van der Waals surface area contributed by atoms with Gasteiger partial charge >= 0.3 is 10.8 Å². The van der Waals surface area contributed by atoms with E-state index in [9.17, 15) is 18.0 Å². The van der Waals surface area contributed by atoms with E-state index < -0.39 is 21.8 Å². The van der Waals surface area contributed by atoms with Gasteiger partial charge in [0.05, 0.1) is 13.0 Å². The summed E-state index contributed by atoms with van der Waals surface area (Å²) in [7, 11) is 0. The van der Waals surface area contributed by atoms with Crippen LogP contribution in [0.4, 0.5) is 13.2 Å². The van der Waals surface area contributed by atoms with Gasteiger partial charge in [-0.2, -0.15) is 8.78 Å². The minimum atomic E-state index is -3.81. The summed E-state index contributed by atoms with van der Waals surface area (Å²) in [5.74, 6) is -1.03. The molecule has 0 rings (SSSR count). The molecule has 0 spiro atoms. The van der Waals surface area contributed by atoms with E-state index in [1.807, 2.05) is 15.9 Å². The fraction of sp³-hybridized carbons (Fsp3) is 0.833. The Morgan fingerprint density at radius 3 is 2.15 bits per heavy atom. The summed E-state index contributed by atoms with van der Waals surface area (Å²) >= 11 is 3.93. The van der Waals surface area contributed by atoms with E-state index in [0.29, 0.717) is 0 Å². The SMILES string of the molecule is CCOC(=O)CC(F)(Br)C(F)(F)Br. The summed E-state index contributed by atoms with van der Waals surface area (Å²) < 4.78 is 39.0. The van der Waals surface area contributed by atoms with Gasteiger partial charge in [-0.1, -0.05) is 0 Å². The normalized spacial score (nSPS) is 16.5. The van der Waals surface area contributed by atoms with Gasteiger partial charge in [-0.3, -0.25) is 4.79 Å². The topological polar surface area (TPSA) is 26.3 Å². The van der Waals surface area contributed by atoms with Crippen LogP contribution in [0.25, 0.3) is 0 Å². The number of alkyl halides is 5. The molecular formula is C6H7Br2F3O2. The van der Waals surface area contributed by atoms with E-state index in [1.165, 1.54) is 6.92 Å². The third-order valence-corrected chi connectivity index (χ3v) is 3.03. The predicted octanol–water partition coefficient (Wildman–Crippen LogP) is 2.99. The Hall–Kier alpha value is 0.220. The zero-order valence-corrected chi connectivity index (χ0v) is 9.79. The number of halogens is 5. The summed E-state index contributed by atoms with van der Waals surface area (Å²) in [4.78, 5) is 6.85. The maximum absolute atomic E-state index is 13.0. The molecule has 0 saturated heterocycles. The smallest absolute Gasteiger partial charge is 0.345 e. The molecule has 0 heterocycles. The summed E-state index contributed by atoms with van der Waals surface area (Å²) in [6, 6.07) is 0. The van der Waals surface area contributed by atoms with Gasteiger partial charge < -0.3 is 4.74 Å². The maximum atomic E-state index is 13.0. The van der Waals surface area contributed by atoms with Crippen LogP contribution in [0.2, 0.25) is 0 Å². The van der Waals surface area contributed by atoms with Crippen molar-refractivity contribution in [2.75, 3.05) is 6.61 Å². The molecule has 0 aromatic rings. The Labute approximate surface area is 90.1 Å². The van der Waals surface area contributed by atoms with Crippen molar-refractivity contribution in [3.8, 4) is 0 Å². The van der Waals surface area contributed by atoms with E-state index in [-0.39, 0.29) is 6.61 Å². The van der Waals surface area contributed by atoms with Crippen LogP contribution in [0, 0.1) is 0 Å². The lowest BCUT2D eigenvalue weighted by Crippen LogP contribution is -2.35. The number of carbonyl (C=O) groups is 1. The molecule has 0 bridgehead atoms. The van der Waals surface area contributed by atoms with Gasteiger partial charge in [0.25, 0.3) is 0 Å². The first-order valence-electron chi connectivity index (χ1n) is 3.31. The van der Waals surface area contributed by atoms with Crippen LogP contribution in [0.1, 0.15) is 13.3 Å². The van der Waals surface area contributed by atoms with E-state index in [0.717, 1.165) is 0 Å². The average Bonchev–Trinajstić information content (AvgIpc) is 1.83. The summed E-state index contributed by atoms with van der Waals surface area (Å²) in [5.41, 5.74) is 0. The van der Waals surface area contributed by atoms with Crippen molar-refractivity contribution in [1.82, 2.24) is 0 Å². The van der Waals surface area contributed by atoms with E-state index >= 15 is 0 Å². The lowest BCUT2D eigenvalue weighted by atomic mass is 10.3. The monoisotopic (exact) mass is 326 g/mol. The van der Waals surface area contributed by atoms with E-state index in [1.54, 1.807) is 0 Å². The first-order chi connectivity index (χ1) is 5.70. The van der Waals surface area contributed by atoms with Gasteiger partial charge in [-0.15, -0.1) is 0 Å². The Kier molecular flexibility index (Phi) is 4.71. The zero-order chi connectivity index (χ0) is 10.7. The van der Waals surface area contributed by atoms with Crippen LogP contribution >= 0.6 is 31.9 Å². The molecule has 1 unspecified atom stereocenters. The number of esters is 1. The highest BCUT2D eigenvalue weighted by molar-refractivity contribution is 9.12. The first-order valence-corrected chi connectivity index (χ1v) is 4.89. The molecule has 0 saturated carbocycles. The quantitative estimate of drug-likeness (QED) is 0.586. The van der Waals surface area contributed by atoms with Crippen LogP contribution in [0.5, 0.6) is 0 Å². The number of rotatable bonds is 4. The molecule has 0 aliphatic heterocycles. The van der Waals surface area contributed by atoms with Crippen molar-refractivity contribution < 1.29 is 22.7 Å². The highest BCUT2D eigenvalue weighted by Gasteiger charge is 2.52. The second-order valence-electron chi connectivity index (χ2n) is 2.18. The van der Waals surface area contributed by atoms with Crippen molar-refractivity contribution in [2.45, 2.75) is 22.8 Å². The number of ether oxygens (including phenoxy) is 1. The van der Waals surface area contributed by atoms with E-state index in [4.69, 9.17) is 0 Å². The summed E-state index contributed by atoms with van der Waals surface area (Å²) in [6.45, 7) is 1.52. The molecule has 0 fully saturated rings. The molecular weight excluding hydrogens is 321 g/mol. The number of hydrogen-bond donors (Lipinski definition) is 0. The van der Waals surface area contributed by atoms with Crippen LogP contribution < -0.4 is 0 Å².